The lowest BCUT2D eigenvalue weighted by Crippen LogP contribution is -2.41. The summed E-state index contributed by atoms with van der Waals surface area (Å²) in [5.74, 6) is 1.16. The molecule has 24 heavy (non-hydrogen) atoms. The number of nitrogens with zero attached hydrogens (tertiary/aromatic N) is 4. The second kappa shape index (κ2) is 9.58. The number of imidazole rings is 1. The Hall–Kier alpha value is -1.67. The number of aromatic nitrogens is 2. The molecule has 0 spiro atoms. The average molecular weight is 360 g/mol. The Kier molecular flexibility index (Phi) is 8.14. The summed E-state index contributed by atoms with van der Waals surface area (Å²) in [6.45, 7) is 7.86. The highest BCUT2D eigenvalue weighted by molar-refractivity contribution is 5.85. The van der Waals surface area contributed by atoms with Crippen LogP contribution in [0.4, 0.5) is 5.82 Å². The van der Waals surface area contributed by atoms with Gasteiger partial charge in [0.2, 0.25) is 11.7 Å². The molecule has 1 N–H and O–H groups in total. The zero-order valence-corrected chi connectivity index (χ0v) is 15.0. The largest absolute Gasteiger partial charge is 0.381 e. The van der Waals surface area contributed by atoms with Crippen molar-refractivity contribution in [2.24, 2.45) is 5.92 Å². The average Bonchev–Trinajstić information content (AvgIpc) is 2.92. The monoisotopic (exact) mass is 359 g/mol. The van der Waals surface area contributed by atoms with E-state index in [9.17, 15) is 14.9 Å². The van der Waals surface area contributed by atoms with Crippen molar-refractivity contribution in [1.29, 1.82) is 0 Å². The summed E-state index contributed by atoms with van der Waals surface area (Å²) in [7, 11) is 0. The van der Waals surface area contributed by atoms with Crippen LogP contribution in [-0.4, -0.2) is 51.5 Å². The van der Waals surface area contributed by atoms with Crippen LogP contribution in [0.3, 0.4) is 0 Å². The Balaban J connectivity index is 0.00000288. The van der Waals surface area contributed by atoms with Gasteiger partial charge in [0.1, 0.15) is 6.20 Å². The topological polar surface area (TPSA) is 93.3 Å². The molecule has 0 atom stereocenters. The number of carbonyl (C=O) groups excluding carboxylic acids is 1. The molecule has 1 saturated heterocycles. The number of amides is 1. The first-order chi connectivity index (χ1) is 11.0. The second-order valence-electron chi connectivity index (χ2n) is 5.98. The number of likely N-dealkylation sites (tertiary alicyclic amines) is 1. The van der Waals surface area contributed by atoms with E-state index in [1.165, 1.54) is 6.20 Å². The lowest BCUT2D eigenvalue weighted by Gasteiger charge is -2.32. The van der Waals surface area contributed by atoms with Gasteiger partial charge in [-0.1, -0.05) is 6.92 Å². The van der Waals surface area contributed by atoms with Crippen LogP contribution < -0.4 is 5.32 Å². The van der Waals surface area contributed by atoms with Crippen molar-refractivity contribution in [2.75, 3.05) is 26.2 Å². The van der Waals surface area contributed by atoms with Crippen molar-refractivity contribution >= 4 is 24.1 Å². The molecule has 0 radical (unpaired) electrons. The molecule has 1 amide bonds. The number of carbonyl (C=O) groups is 1. The van der Waals surface area contributed by atoms with Gasteiger partial charge in [-0.05, 0) is 41.8 Å². The maximum atomic E-state index is 12.3. The SMILES string of the molecule is CCNCC1CCN(C(=O)CCn2cc([N+](=O)[O-])nc2C)CC1.Cl. The highest BCUT2D eigenvalue weighted by Crippen LogP contribution is 2.17. The van der Waals surface area contributed by atoms with Gasteiger partial charge in [0.25, 0.3) is 0 Å². The molecule has 1 fully saturated rings. The highest BCUT2D eigenvalue weighted by Gasteiger charge is 2.23. The zero-order chi connectivity index (χ0) is 16.8. The van der Waals surface area contributed by atoms with E-state index in [0.29, 0.717) is 24.7 Å². The third-order valence-electron chi connectivity index (χ3n) is 4.37. The summed E-state index contributed by atoms with van der Waals surface area (Å²) in [5.41, 5.74) is 0. The van der Waals surface area contributed by atoms with Gasteiger partial charge in [0.15, 0.2) is 0 Å². The Bertz CT molecular complexity index is 555. The van der Waals surface area contributed by atoms with Crippen LogP contribution in [0.25, 0.3) is 0 Å². The van der Waals surface area contributed by atoms with Gasteiger partial charge in [-0.2, -0.15) is 0 Å². The van der Waals surface area contributed by atoms with Crippen molar-refractivity contribution < 1.29 is 9.72 Å². The summed E-state index contributed by atoms with van der Waals surface area (Å²) < 4.78 is 1.67. The van der Waals surface area contributed by atoms with Crippen molar-refractivity contribution in [3.63, 3.8) is 0 Å². The molecular weight excluding hydrogens is 334 g/mol. The van der Waals surface area contributed by atoms with Gasteiger partial charge in [0.05, 0.1) is 0 Å². The van der Waals surface area contributed by atoms with E-state index in [0.717, 1.165) is 39.0 Å². The maximum Gasteiger partial charge on any atom is 0.381 e. The number of hydrogen-bond acceptors (Lipinski definition) is 5. The predicted octanol–water partition coefficient (Wildman–Crippen LogP) is 1.76. The summed E-state index contributed by atoms with van der Waals surface area (Å²) in [6, 6.07) is 0. The lowest BCUT2D eigenvalue weighted by molar-refractivity contribution is -0.389. The third kappa shape index (κ3) is 5.45. The molecule has 2 rings (SSSR count). The number of rotatable bonds is 7. The van der Waals surface area contributed by atoms with Gasteiger partial charge >= 0.3 is 5.82 Å². The third-order valence-corrected chi connectivity index (χ3v) is 4.37. The Morgan fingerprint density at radius 2 is 2.12 bits per heavy atom. The fraction of sp³-hybridized carbons (Fsp3) is 0.733. The van der Waals surface area contributed by atoms with Gasteiger partial charge in [-0.25, -0.2) is 0 Å². The number of aryl methyl sites for hydroxylation is 2. The second-order valence-corrected chi connectivity index (χ2v) is 5.98. The normalized spacial score (nSPS) is 15.2. The molecule has 0 saturated carbocycles. The molecule has 136 valence electrons. The summed E-state index contributed by atoms with van der Waals surface area (Å²) >= 11 is 0. The Labute approximate surface area is 148 Å². The van der Waals surface area contributed by atoms with Gasteiger partial charge in [0, 0.05) is 33.0 Å². The highest BCUT2D eigenvalue weighted by atomic mass is 35.5. The molecular formula is C15H26ClN5O3. The van der Waals surface area contributed by atoms with E-state index in [1.54, 1.807) is 11.5 Å². The number of piperidine rings is 1. The van der Waals surface area contributed by atoms with E-state index in [2.05, 4.69) is 17.2 Å². The quantitative estimate of drug-likeness (QED) is 0.591. The Morgan fingerprint density at radius 1 is 1.46 bits per heavy atom. The molecule has 9 heteroatoms. The predicted molar refractivity (Wildman–Crippen MR) is 93.3 cm³/mol. The van der Waals surface area contributed by atoms with Gasteiger partial charge in [-0.15, -0.1) is 12.4 Å². The Morgan fingerprint density at radius 3 is 2.67 bits per heavy atom. The van der Waals surface area contributed by atoms with Crippen molar-refractivity contribution in [1.82, 2.24) is 19.8 Å². The number of nitrogens with one attached hydrogen (secondary N) is 1. The van der Waals surface area contributed by atoms with Crippen molar-refractivity contribution in [3.05, 3.63) is 22.1 Å². The van der Waals surface area contributed by atoms with Crippen molar-refractivity contribution in [2.45, 2.75) is 39.7 Å². The number of halogens is 1. The van der Waals surface area contributed by atoms with E-state index in [4.69, 9.17) is 0 Å². The molecule has 1 aliphatic rings. The van der Waals surface area contributed by atoms with E-state index >= 15 is 0 Å². The fourth-order valence-corrected chi connectivity index (χ4v) is 2.92. The minimum atomic E-state index is -0.513. The minimum absolute atomic E-state index is 0. The van der Waals surface area contributed by atoms with Crippen LogP contribution in [0, 0.1) is 23.0 Å². The molecule has 1 aromatic heterocycles. The van der Waals surface area contributed by atoms with E-state index in [1.807, 2.05) is 4.90 Å². The molecule has 0 bridgehead atoms. The molecule has 0 aliphatic carbocycles. The zero-order valence-electron chi connectivity index (χ0n) is 14.2. The van der Waals surface area contributed by atoms with Crippen LogP contribution in [0.1, 0.15) is 32.0 Å². The molecule has 0 aromatic carbocycles. The first-order valence-electron chi connectivity index (χ1n) is 8.18. The van der Waals surface area contributed by atoms with Crippen LogP contribution in [0.2, 0.25) is 0 Å². The van der Waals surface area contributed by atoms with E-state index < -0.39 is 4.92 Å². The van der Waals surface area contributed by atoms with Crippen LogP contribution in [0.5, 0.6) is 0 Å². The molecule has 1 aliphatic heterocycles. The molecule has 2 heterocycles. The summed E-state index contributed by atoms with van der Waals surface area (Å²) in [5, 5.41) is 14.1. The number of nitro groups is 1. The minimum Gasteiger partial charge on any atom is -0.358 e. The standard InChI is InChI=1S/C15H25N5O3.ClH/c1-3-16-10-13-4-7-18(8-5-13)15(21)6-9-19-11-14(20(22)23)17-12(19)2;/h11,13,16H,3-10H2,1-2H3;1H. The smallest absolute Gasteiger partial charge is 0.358 e. The first kappa shape index (κ1) is 20.4. The fourth-order valence-electron chi connectivity index (χ4n) is 2.92. The lowest BCUT2D eigenvalue weighted by atomic mass is 9.96. The van der Waals surface area contributed by atoms with Gasteiger partial charge in [-0.3, -0.25) is 4.79 Å². The molecule has 8 nitrogen and oxygen atoms in total. The van der Waals surface area contributed by atoms with E-state index in [-0.39, 0.29) is 24.1 Å². The molecule has 0 unspecified atom stereocenters. The summed E-state index contributed by atoms with van der Waals surface area (Å²) in [4.78, 5) is 28.3. The first-order valence-corrected chi connectivity index (χ1v) is 8.18. The van der Waals surface area contributed by atoms with Crippen LogP contribution in [0.15, 0.2) is 6.20 Å². The summed E-state index contributed by atoms with van der Waals surface area (Å²) in [6.07, 6.45) is 3.82. The van der Waals surface area contributed by atoms with Gasteiger partial charge < -0.3 is 24.9 Å². The molecule has 1 aromatic rings. The van der Waals surface area contributed by atoms with Crippen LogP contribution >= 0.6 is 12.4 Å². The number of hydrogen-bond donors (Lipinski definition) is 1. The van der Waals surface area contributed by atoms with Crippen molar-refractivity contribution in [3.8, 4) is 0 Å². The maximum absolute atomic E-state index is 12.3. The van der Waals surface area contributed by atoms with Crippen LogP contribution in [-0.2, 0) is 11.3 Å².